The number of nitrogens with one attached hydrogen (secondary N) is 1. The summed E-state index contributed by atoms with van der Waals surface area (Å²) in [5, 5.41) is 3.25. The fourth-order valence-corrected chi connectivity index (χ4v) is 1.77. The van der Waals surface area contributed by atoms with Crippen molar-refractivity contribution < 1.29 is 4.39 Å². The number of hydrogen-bond acceptors (Lipinski definition) is 2. The van der Waals surface area contributed by atoms with E-state index in [0.717, 1.165) is 30.8 Å². The van der Waals surface area contributed by atoms with Crippen LogP contribution in [0, 0.1) is 12.9 Å². The number of aromatic nitrogens is 1. The fourth-order valence-electron chi connectivity index (χ4n) is 1.77. The van der Waals surface area contributed by atoms with Crippen molar-refractivity contribution in [2.75, 3.05) is 13.1 Å². The van der Waals surface area contributed by atoms with Gasteiger partial charge in [0.05, 0.1) is 0 Å². The maximum absolute atomic E-state index is 12.9. The lowest BCUT2D eigenvalue weighted by Gasteiger charge is -2.08. The minimum atomic E-state index is -0.359. The van der Waals surface area contributed by atoms with Gasteiger partial charge in [-0.05, 0) is 37.6 Å². The van der Waals surface area contributed by atoms with Crippen molar-refractivity contribution >= 4 is 12.4 Å². The Kier molecular flexibility index (Phi) is 3.84. The van der Waals surface area contributed by atoms with Gasteiger partial charge >= 0.3 is 0 Å². The third-order valence-electron chi connectivity index (χ3n) is 2.44. The van der Waals surface area contributed by atoms with E-state index in [1.165, 1.54) is 6.07 Å². The van der Waals surface area contributed by atoms with Gasteiger partial charge in [-0.3, -0.25) is 0 Å². The second-order valence-electron chi connectivity index (χ2n) is 3.58. The van der Waals surface area contributed by atoms with Crippen molar-refractivity contribution in [1.82, 2.24) is 10.3 Å². The zero-order chi connectivity index (χ0) is 9.26. The maximum Gasteiger partial charge on any atom is 0.213 e. The largest absolute Gasteiger partial charge is 0.316 e. The predicted octanol–water partition coefficient (Wildman–Crippen LogP) is 2.03. The van der Waals surface area contributed by atoms with Crippen LogP contribution in [0.2, 0.25) is 0 Å². The first kappa shape index (κ1) is 11.4. The number of rotatable bonds is 1. The molecule has 1 saturated heterocycles. The standard InChI is InChI=1S/C10H13FN2.ClH/c1-7-4-9(13-10(11)5-7)8-2-3-12-6-8;/h4-5,8,12H,2-3,6H2,1H3;1H. The van der Waals surface area contributed by atoms with E-state index in [2.05, 4.69) is 10.3 Å². The molecule has 0 saturated carbocycles. The number of nitrogens with zero attached hydrogens (tertiary/aromatic N) is 1. The molecule has 0 spiro atoms. The van der Waals surface area contributed by atoms with Gasteiger partial charge in [0.15, 0.2) is 0 Å². The molecule has 0 amide bonds. The summed E-state index contributed by atoms with van der Waals surface area (Å²) < 4.78 is 12.9. The molecule has 1 unspecified atom stereocenters. The molecule has 1 fully saturated rings. The summed E-state index contributed by atoms with van der Waals surface area (Å²) in [5.74, 6) is 0.0382. The maximum atomic E-state index is 12.9. The molecule has 0 radical (unpaired) electrons. The number of halogens is 2. The average molecular weight is 217 g/mol. The monoisotopic (exact) mass is 216 g/mol. The lowest BCUT2D eigenvalue weighted by atomic mass is 10.0. The highest BCUT2D eigenvalue weighted by Crippen LogP contribution is 2.21. The first-order valence-corrected chi connectivity index (χ1v) is 4.60. The van der Waals surface area contributed by atoms with Gasteiger partial charge in [-0.15, -0.1) is 12.4 Å². The van der Waals surface area contributed by atoms with Crippen LogP contribution in [0.25, 0.3) is 0 Å². The first-order valence-electron chi connectivity index (χ1n) is 4.60. The lowest BCUT2D eigenvalue weighted by molar-refractivity contribution is 0.566. The van der Waals surface area contributed by atoms with Crippen LogP contribution in [0.3, 0.4) is 0 Å². The molecule has 0 aromatic carbocycles. The molecule has 1 aromatic rings. The normalized spacial score (nSPS) is 20.6. The number of aryl methyl sites for hydroxylation is 1. The van der Waals surface area contributed by atoms with Gasteiger partial charge in [-0.25, -0.2) is 4.98 Å². The zero-order valence-electron chi connectivity index (χ0n) is 8.09. The van der Waals surface area contributed by atoms with E-state index in [4.69, 9.17) is 0 Å². The van der Waals surface area contributed by atoms with E-state index in [1.807, 2.05) is 13.0 Å². The van der Waals surface area contributed by atoms with Crippen LogP contribution >= 0.6 is 12.4 Å². The van der Waals surface area contributed by atoms with E-state index >= 15 is 0 Å². The molecule has 2 heterocycles. The Bertz CT molecular complexity index is 291. The molecular weight excluding hydrogens is 203 g/mol. The van der Waals surface area contributed by atoms with Crippen LogP contribution in [-0.4, -0.2) is 18.1 Å². The van der Waals surface area contributed by atoms with Crippen LogP contribution in [0.15, 0.2) is 12.1 Å². The van der Waals surface area contributed by atoms with Crippen LogP contribution in [0.5, 0.6) is 0 Å². The van der Waals surface area contributed by atoms with Crippen molar-refractivity contribution in [3.05, 3.63) is 29.3 Å². The highest BCUT2D eigenvalue weighted by Gasteiger charge is 2.18. The molecule has 1 atom stereocenters. The second kappa shape index (κ2) is 4.71. The quantitative estimate of drug-likeness (QED) is 0.727. The van der Waals surface area contributed by atoms with Crippen LogP contribution in [0.4, 0.5) is 4.39 Å². The van der Waals surface area contributed by atoms with Crippen molar-refractivity contribution in [2.24, 2.45) is 0 Å². The first-order chi connectivity index (χ1) is 6.25. The summed E-state index contributed by atoms with van der Waals surface area (Å²) in [6.45, 7) is 3.84. The Balaban J connectivity index is 0.000000980. The third-order valence-corrected chi connectivity index (χ3v) is 2.44. The molecular formula is C10H14ClFN2. The molecule has 1 aliphatic heterocycles. The smallest absolute Gasteiger partial charge is 0.213 e. The second-order valence-corrected chi connectivity index (χ2v) is 3.58. The van der Waals surface area contributed by atoms with Gasteiger partial charge in [0.2, 0.25) is 5.95 Å². The van der Waals surface area contributed by atoms with Gasteiger partial charge in [-0.1, -0.05) is 0 Å². The lowest BCUT2D eigenvalue weighted by Crippen LogP contribution is -2.09. The Hall–Kier alpha value is -0.670. The summed E-state index contributed by atoms with van der Waals surface area (Å²) >= 11 is 0. The van der Waals surface area contributed by atoms with Crippen LogP contribution in [0.1, 0.15) is 23.6 Å². The van der Waals surface area contributed by atoms with E-state index in [0.29, 0.717) is 5.92 Å². The summed E-state index contributed by atoms with van der Waals surface area (Å²) in [6.07, 6.45) is 1.07. The number of pyridine rings is 1. The average Bonchev–Trinajstić information content (AvgIpc) is 2.53. The molecule has 2 rings (SSSR count). The van der Waals surface area contributed by atoms with Crippen molar-refractivity contribution in [1.29, 1.82) is 0 Å². The van der Waals surface area contributed by atoms with Crippen LogP contribution in [-0.2, 0) is 0 Å². The van der Waals surface area contributed by atoms with E-state index in [1.54, 1.807) is 0 Å². The molecule has 2 nitrogen and oxygen atoms in total. The van der Waals surface area contributed by atoms with E-state index in [9.17, 15) is 4.39 Å². The molecule has 1 aliphatic rings. The number of hydrogen-bond donors (Lipinski definition) is 1. The predicted molar refractivity (Wildman–Crippen MR) is 56.4 cm³/mol. The Morgan fingerprint density at radius 3 is 2.86 bits per heavy atom. The van der Waals surface area contributed by atoms with Crippen molar-refractivity contribution in [2.45, 2.75) is 19.3 Å². The van der Waals surface area contributed by atoms with Crippen molar-refractivity contribution in [3.63, 3.8) is 0 Å². The van der Waals surface area contributed by atoms with Gasteiger partial charge in [0, 0.05) is 18.2 Å². The Morgan fingerprint density at radius 1 is 1.50 bits per heavy atom. The molecule has 0 bridgehead atoms. The summed E-state index contributed by atoms with van der Waals surface area (Å²) in [5.41, 5.74) is 1.84. The minimum absolute atomic E-state index is 0. The molecule has 78 valence electrons. The van der Waals surface area contributed by atoms with Gasteiger partial charge in [-0.2, -0.15) is 4.39 Å². The summed E-state index contributed by atoms with van der Waals surface area (Å²) in [6, 6.07) is 3.44. The van der Waals surface area contributed by atoms with Crippen molar-refractivity contribution in [3.8, 4) is 0 Å². The summed E-state index contributed by atoms with van der Waals surface area (Å²) in [4.78, 5) is 3.91. The molecule has 1 N–H and O–H groups in total. The van der Waals surface area contributed by atoms with Gasteiger partial charge < -0.3 is 5.32 Å². The van der Waals surface area contributed by atoms with Gasteiger partial charge in [0.25, 0.3) is 0 Å². The molecule has 0 aliphatic carbocycles. The zero-order valence-corrected chi connectivity index (χ0v) is 8.90. The Morgan fingerprint density at radius 2 is 2.29 bits per heavy atom. The highest BCUT2D eigenvalue weighted by molar-refractivity contribution is 5.85. The third kappa shape index (κ3) is 2.42. The van der Waals surface area contributed by atoms with Gasteiger partial charge in [0.1, 0.15) is 0 Å². The van der Waals surface area contributed by atoms with E-state index in [-0.39, 0.29) is 18.4 Å². The minimum Gasteiger partial charge on any atom is -0.316 e. The molecule has 4 heteroatoms. The molecule has 14 heavy (non-hydrogen) atoms. The highest BCUT2D eigenvalue weighted by atomic mass is 35.5. The summed E-state index contributed by atoms with van der Waals surface area (Å²) in [7, 11) is 0. The van der Waals surface area contributed by atoms with Crippen LogP contribution < -0.4 is 5.32 Å². The topological polar surface area (TPSA) is 24.9 Å². The van der Waals surface area contributed by atoms with E-state index < -0.39 is 0 Å². The Labute approximate surface area is 89.3 Å². The fraction of sp³-hybridized carbons (Fsp3) is 0.500. The molecule has 1 aromatic heterocycles. The SMILES string of the molecule is Cc1cc(F)nc(C2CCNC2)c1.Cl.